The molecule has 6 nitrogen and oxygen atoms in total. The van der Waals surface area contributed by atoms with Crippen LogP contribution in [0.3, 0.4) is 0 Å². The van der Waals surface area contributed by atoms with Gasteiger partial charge in [0.25, 0.3) is 5.69 Å². The molecule has 0 N–H and O–H groups in total. The molecule has 1 radical (unpaired) electrons. The molecule has 0 saturated carbocycles. The van der Waals surface area contributed by atoms with E-state index in [0.29, 0.717) is 13.1 Å². The van der Waals surface area contributed by atoms with Crippen molar-refractivity contribution in [2.24, 2.45) is 0 Å². The van der Waals surface area contributed by atoms with Gasteiger partial charge in [0.1, 0.15) is 0 Å². The van der Waals surface area contributed by atoms with E-state index >= 15 is 0 Å². The third-order valence-corrected chi connectivity index (χ3v) is 2.83. The number of amides is 1. The molecule has 0 spiro atoms. The molecule has 1 amide bonds. The maximum Gasteiger partial charge on any atom is 0.312 e. The smallest absolute Gasteiger partial charge is 0.312 e. The van der Waals surface area contributed by atoms with Gasteiger partial charge in [0.05, 0.1) is 4.92 Å². The highest BCUT2D eigenvalue weighted by Gasteiger charge is 2.16. The molecule has 17 heavy (non-hydrogen) atoms. The Hall–Kier alpha value is -2.11. The van der Waals surface area contributed by atoms with Gasteiger partial charge >= 0.3 is 6.41 Å². The summed E-state index contributed by atoms with van der Waals surface area (Å²) >= 11 is 0. The normalized spacial score (nSPS) is 15.8. The number of anilines is 1. The van der Waals surface area contributed by atoms with Crippen molar-refractivity contribution in [3.8, 4) is 0 Å². The third-order valence-electron chi connectivity index (χ3n) is 2.83. The molecule has 6 heteroatoms. The number of non-ortho nitro benzene ring substituents is 1. The van der Waals surface area contributed by atoms with Crippen LogP contribution in [-0.4, -0.2) is 42.4 Å². The highest BCUT2D eigenvalue weighted by molar-refractivity contribution is 5.53. The molecule has 0 bridgehead atoms. The van der Waals surface area contributed by atoms with Crippen LogP contribution in [-0.2, 0) is 4.79 Å². The van der Waals surface area contributed by atoms with Crippen molar-refractivity contribution < 1.29 is 9.72 Å². The van der Waals surface area contributed by atoms with E-state index in [-0.39, 0.29) is 5.69 Å². The van der Waals surface area contributed by atoms with Crippen molar-refractivity contribution in [3.63, 3.8) is 0 Å². The highest BCUT2D eigenvalue weighted by atomic mass is 16.6. The van der Waals surface area contributed by atoms with Gasteiger partial charge in [-0.1, -0.05) is 0 Å². The first kappa shape index (κ1) is 11.4. The van der Waals surface area contributed by atoms with Crippen molar-refractivity contribution in [2.45, 2.75) is 0 Å². The van der Waals surface area contributed by atoms with Crippen LogP contribution >= 0.6 is 0 Å². The fourth-order valence-electron chi connectivity index (χ4n) is 1.84. The minimum Gasteiger partial charge on any atom is -0.368 e. The Morgan fingerprint density at radius 1 is 1.12 bits per heavy atom. The molecule has 1 aromatic carbocycles. The lowest BCUT2D eigenvalue weighted by atomic mass is 10.2. The number of benzene rings is 1. The lowest BCUT2D eigenvalue weighted by molar-refractivity contribution is -0.384. The van der Waals surface area contributed by atoms with Crippen LogP contribution in [0.15, 0.2) is 24.3 Å². The first-order valence-electron chi connectivity index (χ1n) is 5.33. The number of hydrogen-bond donors (Lipinski definition) is 0. The fraction of sp³-hybridized carbons (Fsp3) is 0.364. The van der Waals surface area contributed by atoms with Crippen molar-refractivity contribution in [1.82, 2.24) is 4.90 Å². The van der Waals surface area contributed by atoms with Crippen LogP contribution < -0.4 is 4.90 Å². The molecular formula is C11H12N3O3. The summed E-state index contributed by atoms with van der Waals surface area (Å²) in [6.07, 6.45) is 1.87. The minimum absolute atomic E-state index is 0.0913. The van der Waals surface area contributed by atoms with Gasteiger partial charge in [0, 0.05) is 44.0 Å². The van der Waals surface area contributed by atoms with E-state index in [2.05, 4.69) is 4.90 Å². The summed E-state index contributed by atoms with van der Waals surface area (Å²) in [5.74, 6) is 0. The molecule has 1 aliphatic rings. The average molecular weight is 234 g/mol. The van der Waals surface area contributed by atoms with Gasteiger partial charge in [-0.2, -0.15) is 0 Å². The summed E-state index contributed by atoms with van der Waals surface area (Å²) in [7, 11) is 0. The Kier molecular flexibility index (Phi) is 3.22. The molecule has 0 aromatic heterocycles. The molecule has 89 valence electrons. The molecule has 1 fully saturated rings. The van der Waals surface area contributed by atoms with Gasteiger partial charge in [0.2, 0.25) is 0 Å². The van der Waals surface area contributed by atoms with Crippen molar-refractivity contribution in [1.29, 1.82) is 0 Å². The Labute approximate surface area is 98.6 Å². The Morgan fingerprint density at radius 2 is 1.71 bits per heavy atom. The van der Waals surface area contributed by atoms with Crippen LogP contribution in [0.5, 0.6) is 0 Å². The van der Waals surface area contributed by atoms with Gasteiger partial charge in [-0.25, -0.2) is 0 Å². The molecule has 1 saturated heterocycles. The van der Waals surface area contributed by atoms with Crippen LogP contribution in [0.2, 0.25) is 0 Å². The van der Waals surface area contributed by atoms with Gasteiger partial charge in [-0.3, -0.25) is 14.9 Å². The van der Waals surface area contributed by atoms with E-state index in [1.807, 2.05) is 6.41 Å². The molecular weight excluding hydrogens is 222 g/mol. The van der Waals surface area contributed by atoms with E-state index in [1.54, 1.807) is 17.0 Å². The number of nitrogens with zero attached hydrogens (tertiary/aromatic N) is 3. The molecule has 1 aliphatic heterocycles. The van der Waals surface area contributed by atoms with Crippen molar-refractivity contribution in [2.75, 3.05) is 31.1 Å². The van der Waals surface area contributed by atoms with E-state index in [0.717, 1.165) is 18.8 Å². The van der Waals surface area contributed by atoms with Crippen LogP contribution in [0.25, 0.3) is 0 Å². The number of nitro benzene ring substituents is 1. The van der Waals surface area contributed by atoms with E-state index in [4.69, 9.17) is 0 Å². The average Bonchev–Trinajstić information content (AvgIpc) is 2.39. The topological polar surface area (TPSA) is 66.7 Å². The van der Waals surface area contributed by atoms with Gasteiger partial charge in [-0.15, -0.1) is 0 Å². The summed E-state index contributed by atoms with van der Waals surface area (Å²) in [5.41, 5.74) is 1.04. The van der Waals surface area contributed by atoms with Crippen molar-refractivity contribution >= 4 is 17.8 Å². The van der Waals surface area contributed by atoms with E-state index in [9.17, 15) is 14.9 Å². The quantitative estimate of drug-likeness (QED) is 0.572. The maximum absolute atomic E-state index is 10.5. The predicted octanol–water partition coefficient (Wildman–Crippen LogP) is 0.784. The zero-order valence-electron chi connectivity index (χ0n) is 9.20. The van der Waals surface area contributed by atoms with E-state index < -0.39 is 4.92 Å². The summed E-state index contributed by atoms with van der Waals surface area (Å²) < 4.78 is 0. The number of carbonyl (C=O) groups excluding carboxylic acids is 1. The fourth-order valence-corrected chi connectivity index (χ4v) is 1.84. The monoisotopic (exact) mass is 234 g/mol. The number of piperazine rings is 1. The minimum atomic E-state index is -0.414. The van der Waals surface area contributed by atoms with Crippen molar-refractivity contribution in [3.05, 3.63) is 34.4 Å². The van der Waals surface area contributed by atoms with Gasteiger partial charge < -0.3 is 9.80 Å². The predicted molar refractivity (Wildman–Crippen MR) is 62.6 cm³/mol. The molecule has 1 heterocycles. The van der Waals surface area contributed by atoms with Gasteiger partial charge in [-0.05, 0) is 12.1 Å². The highest BCUT2D eigenvalue weighted by Crippen LogP contribution is 2.20. The first-order valence-corrected chi connectivity index (χ1v) is 5.33. The number of rotatable bonds is 3. The molecule has 0 unspecified atom stereocenters. The zero-order chi connectivity index (χ0) is 12.3. The summed E-state index contributed by atoms with van der Waals surface area (Å²) in [5, 5.41) is 10.5. The van der Waals surface area contributed by atoms with Gasteiger partial charge in [0.15, 0.2) is 0 Å². The lowest BCUT2D eigenvalue weighted by Gasteiger charge is -2.33. The molecule has 0 aliphatic carbocycles. The Balaban J connectivity index is 2.03. The SMILES string of the molecule is O=[C]N1CCN(c2ccc([N+](=O)[O-])cc2)CC1. The van der Waals surface area contributed by atoms with E-state index in [1.165, 1.54) is 12.1 Å². The summed E-state index contributed by atoms with van der Waals surface area (Å²) in [6, 6.07) is 6.46. The van der Waals surface area contributed by atoms with Crippen LogP contribution in [0.1, 0.15) is 0 Å². The first-order chi connectivity index (χ1) is 8.20. The number of nitro groups is 1. The second-order valence-corrected chi connectivity index (χ2v) is 3.84. The van der Waals surface area contributed by atoms with Crippen LogP contribution in [0.4, 0.5) is 11.4 Å². The lowest BCUT2D eigenvalue weighted by Crippen LogP contribution is -2.45. The summed E-state index contributed by atoms with van der Waals surface area (Å²) in [4.78, 5) is 24.2. The van der Waals surface area contributed by atoms with Crippen LogP contribution in [0, 0.1) is 10.1 Å². The number of hydrogen-bond acceptors (Lipinski definition) is 4. The maximum atomic E-state index is 10.5. The molecule has 2 rings (SSSR count). The zero-order valence-corrected chi connectivity index (χ0v) is 9.20. The second kappa shape index (κ2) is 4.82. The third kappa shape index (κ3) is 2.52. The molecule has 1 aromatic rings. The Bertz CT molecular complexity index is 410. The second-order valence-electron chi connectivity index (χ2n) is 3.84. The Morgan fingerprint density at radius 3 is 2.18 bits per heavy atom. The largest absolute Gasteiger partial charge is 0.368 e. The standard InChI is InChI=1S/C11H12N3O3/c15-9-12-5-7-13(8-6-12)10-1-3-11(4-2-10)14(16)17/h1-4H,5-8H2. The molecule has 0 atom stereocenters. The summed E-state index contributed by atoms with van der Waals surface area (Å²) in [6.45, 7) is 2.74.